The summed E-state index contributed by atoms with van der Waals surface area (Å²) in [5.74, 6) is 0.461. The molecule has 2 saturated heterocycles. The van der Waals surface area contributed by atoms with Gasteiger partial charge in [-0.3, -0.25) is 0 Å². The van der Waals surface area contributed by atoms with Crippen LogP contribution in [0.15, 0.2) is 31.0 Å². The predicted molar refractivity (Wildman–Crippen MR) is 200 cm³/mol. The summed E-state index contributed by atoms with van der Waals surface area (Å²) < 4.78 is 31.6. The molecular formula is C38H50F2N8S. The Morgan fingerprint density at radius 2 is 1.86 bits per heavy atom. The maximum Gasteiger partial charge on any atom is 0.157 e. The molecule has 1 unspecified atom stereocenters. The lowest BCUT2D eigenvalue weighted by molar-refractivity contribution is 0.418. The summed E-state index contributed by atoms with van der Waals surface area (Å²) in [4.78, 5) is 16.6. The van der Waals surface area contributed by atoms with Gasteiger partial charge in [-0.1, -0.05) is 33.4 Å². The molecule has 2 aromatic carbocycles. The van der Waals surface area contributed by atoms with Gasteiger partial charge in [0.25, 0.3) is 0 Å². The predicted octanol–water partition coefficient (Wildman–Crippen LogP) is 7.49. The van der Waals surface area contributed by atoms with Gasteiger partial charge in [0.1, 0.15) is 34.0 Å². The van der Waals surface area contributed by atoms with Crippen molar-refractivity contribution < 1.29 is 8.78 Å². The zero-order chi connectivity index (χ0) is 35.2. The molecule has 2 aromatic heterocycles. The SMILES string of the molecule is C=CN1CCC(N2CCCc3cc(-c4ccc(F)c5sc(N)c(C#N)c45)c(F)c4nc(CCC)nc2c34)C1.CN1CCCC1.CNC(C)C. The van der Waals surface area contributed by atoms with Crippen LogP contribution in [0, 0.1) is 23.0 Å². The first kappa shape index (κ1) is 36.4. The first-order valence-electron chi connectivity index (χ1n) is 17.5. The molecule has 0 saturated carbocycles. The molecule has 5 heterocycles. The molecule has 11 heteroatoms. The number of nitrogens with zero attached hydrogens (tertiary/aromatic N) is 6. The van der Waals surface area contributed by atoms with Gasteiger partial charge < -0.3 is 25.8 Å². The number of hydrogen-bond donors (Lipinski definition) is 2. The molecule has 262 valence electrons. The molecule has 3 aliphatic rings. The van der Waals surface area contributed by atoms with Crippen molar-refractivity contribution in [3.63, 3.8) is 0 Å². The molecule has 3 N–H and O–H groups in total. The minimum Gasteiger partial charge on any atom is -0.389 e. The Labute approximate surface area is 293 Å². The third-order valence-electron chi connectivity index (χ3n) is 9.63. The number of hydrogen-bond acceptors (Lipinski definition) is 9. The van der Waals surface area contributed by atoms with E-state index in [1.807, 2.05) is 19.3 Å². The normalized spacial score (nSPS) is 17.5. The number of nitrogens with one attached hydrogen (secondary N) is 1. The summed E-state index contributed by atoms with van der Waals surface area (Å²) in [6, 6.07) is 7.70. The highest BCUT2D eigenvalue weighted by Crippen LogP contribution is 2.44. The molecule has 4 aromatic rings. The fraction of sp³-hybridized carbons (Fsp3) is 0.500. The van der Waals surface area contributed by atoms with Crippen molar-refractivity contribution in [2.24, 2.45) is 0 Å². The van der Waals surface area contributed by atoms with Crippen molar-refractivity contribution in [1.29, 1.82) is 5.26 Å². The summed E-state index contributed by atoms with van der Waals surface area (Å²) in [7, 11) is 4.12. The van der Waals surface area contributed by atoms with E-state index in [4.69, 9.17) is 15.7 Å². The second-order valence-electron chi connectivity index (χ2n) is 13.5. The monoisotopic (exact) mass is 688 g/mol. The Kier molecular flexibility index (Phi) is 12.1. The van der Waals surface area contributed by atoms with Gasteiger partial charge in [-0.15, -0.1) is 11.3 Å². The standard InChI is InChI=1S/C29H28F2N6S.C5H11N.C4H11N/c1-3-6-22-34-26-23-16(7-5-11-37(29(23)35-22)17-10-12-36(4-2)15-17)13-19(25(26)31)18-8-9-21(30)27-24(18)20(14-32)28(33)38-27;1-6-4-2-3-5-6;1-4(2)5-3/h4,8-9,13,17H,2-3,5-7,10-12,15,33H2,1H3;2-5H2,1H3;4-5H,1-3H3. The Balaban J connectivity index is 0.000000366. The molecule has 2 fully saturated rings. The van der Waals surface area contributed by atoms with E-state index < -0.39 is 11.6 Å². The number of aromatic nitrogens is 2. The molecular weight excluding hydrogens is 639 g/mol. The van der Waals surface area contributed by atoms with Crippen molar-refractivity contribution >= 4 is 43.1 Å². The zero-order valence-corrected chi connectivity index (χ0v) is 30.4. The highest BCUT2D eigenvalue weighted by Gasteiger charge is 2.32. The van der Waals surface area contributed by atoms with Crippen LogP contribution < -0.4 is 16.0 Å². The van der Waals surface area contributed by atoms with Crippen LogP contribution in [-0.2, 0) is 12.8 Å². The molecule has 3 aliphatic heterocycles. The highest BCUT2D eigenvalue weighted by atomic mass is 32.1. The molecule has 0 amide bonds. The number of aryl methyl sites for hydroxylation is 2. The largest absolute Gasteiger partial charge is 0.389 e. The van der Waals surface area contributed by atoms with Crippen molar-refractivity contribution in [2.75, 3.05) is 57.5 Å². The Bertz CT molecular complexity index is 1820. The van der Waals surface area contributed by atoms with Gasteiger partial charge in [0.05, 0.1) is 10.3 Å². The molecule has 0 aliphatic carbocycles. The van der Waals surface area contributed by atoms with Crippen molar-refractivity contribution in [3.8, 4) is 17.2 Å². The second-order valence-corrected chi connectivity index (χ2v) is 14.5. The van der Waals surface area contributed by atoms with Crippen molar-refractivity contribution in [3.05, 3.63) is 59.6 Å². The fourth-order valence-corrected chi connectivity index (χ4v) is 7.76. The van der Waals surface area contributed by atoms with Gasteiger partial charge in [-0.25, -0.2) is 18.7 Å². The number of rotatable bonds is 6. The zero-order valence-electron chi connectivity index (χ0n) is 29.6. The Morgan fingerprint density at radius 3 is 2.45 bits per heavy atom. The van der Waals surface area contributed by atoms with E-state index in [1.165, 1.54) is 32.0 Å². The van der Waals surface area contributed by atoms with Crippen molar-refractivity contribution in [1.82, 2.24) is 25.1 Å². The number of anilines is 2. The average molecular weight is 689 g/mol. The number of fused-ring (bicyclic) bond motifs is 1. The number of thiophene rings is 1. The van der Waals surface area contributed by atoms with Gasteiger partial charge in [0.15, 0.2) is 5.82 Å². The molecule has 0 spiro atoms. The van der Waals surface area contributed by atoms with Gasteiger partial charge in [0, 0.05) is 54.5 Å². The van der Waals surface area contributed by atoms with Crippen molar-refractivity contribution in [2.45, 2.75) is 77.8 Å². The van der Waals surface area contributed by atoms with Crippen LogP contribution in [0.3, 0.4) is 0 Å². The minimum absolute atomic E-state index is 0.180. The number of nitriles is 1. The lowest BCUT2D eigenvalue weighted by Crippen LogP contribution is -2.38. The summed E-state index contributed by atoms with van der Waals surface area (Å²) >= 11 is 1.02. The Hall–Kier alpha value is -3.85. The summed E-state index contributed by atoms with van der Waals surface area (Å²) in [5, 5.41) is 14.1. The van der Waals surface area contributed by atoms with Crippen LogP contribution in [0.25, 0.3) is 32.1 Å². The quantitative estimate of drug-likeness (QED) is 0.215. The van der Waals surface area contributed by atoms with Crippen LogP contribution in [0.2, 0.25) is 0 Å². The Morgan fingerprint density at radius 1 is 1.12 bits per heavy atom. The molecule has 1 atom stereocenters. The van der Waals surface area contributed by atoms with Crippen LogP contribution in [0.4, 0.5) is 19.6 Å². The van der Waals surface area contributed by atoms with Crippen LogP contribution in [0.1, 0.15) is 69.8 Å². The summed E-state index contributed by atoms with van der Waals surface area (Å²) in [5.41, 5.74) is 8.26. The third-order valence-corrected chi connectivity index (χ3v) is 10.7. The van der Waals surface area contributed by atoms with Crippen LogP contribution in [0.5, 0.6) is 0 Å². The van der Waals surface area contributed by atoms with Crippen LogP contribution >= 0.6 is 11.3 Å². The first-order valence-corrected chi connectivity index (χ1v) is 18.3. The topological polar surface area (TPSA) is 97.3 Å². The van der Waals surface area contributed by atoms with E-state index in [0.717, 1.165) is 73.4 Å². The average Bonchev–Trinajstić information content (AvgIpc) is 3.83. The van der Waals surface area contributed by atoms with E-state index in [0.29, 0.717) is 34.8 Å². The highest BCUT2D eigenvalue weighted by molar-refractivity contribution is 7.23. The number of benzene rings is 2. The first-order chi connectivity index (χ1) is 23.6. The number of likely N-dealkylation sites (tertiary alicyclic amines) is 2. The molecule has 49 heavy (non-hydrogen) atoms. The lowest BCUT2D eigenvalue weighted by Gasteiger charge is -2.30. The molecule has 0 bridgehead atoms. The van der Waals surface area contributed by atoms with E-state index >= 15 is 4.39 Å². The van der Waals surface area contributed by atoms with Gasteiger partial charge >= 0.3 is 0 Å². The van der Waals surface area contributed by atoms with Gasteiger partial charge in [-0.2, -0.15) is 5.26 Å². The maximum absolute atomic E-state index is 16.6. The van der Waals surface area contributed by atoms with E-state index in [-0.39, 0.29) is 26.8 Å². The molecule has 8 nitrogen and oxygen atoms in total. The third kappa shape index (κ3) is 7.82. The van der Waals surface area contributed by atoms with Gasteiger partial charge in [0.2, 0.25) is 0 Å². The fourth-order valence-electron chi connectivity index (χ4n) is 6.81. The second kappa shape index (κ2) is 16.2. The van der Waals surface area contributed by atoms with E-state index in [1.54, 1.807) is 6.07 Å². The molecule has 0 radical (unpaired) electrons. The number of nitrogen functional groups attached to an aromatic ring is 1. The maximum atomic E-state index is 16.6. The summed E-state index contributed by atoms with van der Waals surface area (Å²) in [6.45, 7) is 15.5. The smallest absolute Gasteiger partial charge is 0.157 e. The van der Waals surface area contributed by atoms with E-state index in [2.05, 4.69) is 60.5 Å². The summed E-state index contributed by atoms with van der Waals surface area (Å²) in [6.07, 6.45) is 8.80. The number of nitrogens with two attached hydrogens (primary N) is 1. The number of halogens is 2. The van der Waals surface area contributed by atoms with Gasteiger partial charge in [-0.05, 0) is 95.2 Å². The lowest BCUT2D eigenvalue weighted by atomic mass is 9.93. The molecule has 7 rings (SSSR count). The minimum atomic E-state index is -0.479. The van der Waals surface area contributed by atoms with Crippen LogP contribution in [-0.4, -0.2) is 78.7 Å². The van der Waals surface area contributed by atoms with E-state index in [9.17, 15) is 9.65 Å².